The summed E-state index contributed by atoms with van der Waals surface area (Å²) < 4.78 is 5.45. The van der Waals surface area contributed by atoms with Gasteiger partial charge < -0.3 is 9.64 Å². The molecule has 0 aromatic heterocycles. The molecule has 0 saturated heterocycles. The van der Waals surface area contributed by atoms with Gasteiger partial charge in [0.25, 0.3) is 0 Å². The zero-order chi connectivity index (χ0) is 14.0. The molecule has 0 aromatic carbocycles. The first-order valence-corrected chi connectivity index (χ1v) is 7.43. The molecule has 0 bridgehead atoms. The summed E-state index contributed by atoms with van der Waals surface area (Å²) in [6, 6.07) is 0. The number of ether oxygens (including phenoxy) is 1. The number of carbonyl (C=O) groups is 1. The van der Waals surface area contributed by atoms with Gasteiger partial charge in [0, 0.05) is 6.54 Å². The molecule has 0 aliphatic carbocycles. The molecule has 1 atom stereocenters. The highest BCUT2D eigenvalue weighted by molar-refractivity contribution is 5.76. The maximum Gasteiger partial charge on any atom is 0.311 e. The summed E-state index contributed by atoms with van der Waals surface area (Å²) in [4.78, 5) is 14.4. The number of rotatable bonds is 10. The topological polar surface area (TPSA) is 29.5 Å². The molecule has 1 unspecified atom stereocenters. The van der Waals surface area contributed by atoms with Gasteiger partial charge in [0.1, 0.15) is 6.61 Å². The Morgan fingerprint density at radius 2 is 1.78 bits per heavy atom. The third-order valence-corrected chi connectivity index (χ3v) is 3.89. The number of nitrogens with zero attached hydrogens (tertiary/aromatic N) is 1. The maximum atomic E-state index is 12.1. The molecule has 0 spiro atoms. The van der Waals surface area contributed by atoms with Gasteiger partial charge in [-0.05, 0) is 32.9 Å². The van der Waals surface area contributed by atoms with Crippen molar-refractivity contribution in [1.82, 2.24) is 4.90 Å². The molecule has 3 heteroatoms. The van der Waals surface area contributed by atoms with E-state index in [0.717, 1.165) is 45.3 Å². The second kappa shape index (κ2) is 9.37. The molecule has 0 rings (SSSR count). The molecule has 0 aliphatic rings. The Labute approximate surface area is 113 Å². The van der Waals surface area contributed by atoms with E-state index in [9.17, 15) is 4.79 Å². The first-order chi connectivity index (χ1) is 8.53. The van der Waals surface area contributed by atoms with Crippen LogP contribution in [0.5, 0.6) is 0 Å². The Hall–Kier alpha value is -0.570. The van der Waals surface area contributed by atoms with E-state index in [2.05, 4.69) is 32.6 Å². The third-order valence-electron chi connectivity index (χ3n) is 3.89. The Balaban J connectivity index is 4.11. The average molecular weight is 257 g/mol. The van der Waals surface area contributed by atoms with Gasteiger partial charge in [-0.2, -0.15) is 0 Å². The molecular formula is C15H31NO2. The van der Waals surface area contributed by atoms with Crippen LogP contribution >= 0.6 is 0 Å². The van der Waals surface area contributed by atoms with Crippen molar-refractivity contribution < 1.29 is 9.53 Å². The molecule has 0 heterocycles. The highest BCUT2D eigenvalue weighted by Gasteiger charge is 2.32. The van der Waals surface area contributed by atoms with Gasteiger partial charge in [-0.15, -0.1) is 0 Å². The van der Waals surface area contributed by atoms with Crippen LogP contribution in [0.4, 0.5) is 0 Å². The van der Waals surface area contributed by atoms with E-state index in [0.29, 0.717) is 6.61 Å². The number of unbranched alkanes of at least 4 members (excludes halogenated alkanes) is 1. The first-order valence-electron chi connectivity index (χ1n) is 7.43. The van der Waals surface area contributed by atoms with Crippen molar-refractivity contribution in [2.75, 3.05) is 26.2 Å². The minimum Gasteiger partial charge on any atom is -0.464 e. The Bertz CT molecular complexity index is 227. The van der Waals surface area contributed by atoms with Crippen molar-refractivity contribution in [2.24, 2.45) is 5.41 Å². The van der Waals surface area contributed by atoms with Crippen molar-refractivity contribution >= 4 is 5.97 Å². The van der Waals surface area contributed by atoms with E-state index in [4.69, 9.17) is 4.74 Å². The minimum atomic E-state index is -0.292. The standard InChI is InChI=1S/C15H31NO2/c1-6-10-11-15(5,7-2)14(17)18-13-12-16(8-3)9-4/h6-13H2,1-5H3. The molecule has 18 heavy (non-hydrogen) atoms. The number of hydrogen-bond acceptors (Lipinski definition) is 3. The van der Waals surface area contributed by atoms with Gasteiger partial charge >= 0.3 is 5.97 Å². The fourth-order valence-electron chi connectivity index (χ4n) is 1.97. The highest BCUT2D eigenvalue weighted by Crippen LogP contribution is 2.29. The van der Waals surface area contributed by atoms with Crippen LogP contribution in [0.25, 0.3) is 0 Å². The van der Waals surface area contributed by atoms with Crippen LogP contribution < -0.4 is 0 Å². The zero-order valence-electron chi connectivity index (χ0n) is 12.9. The average Bonchev–Trinajstić information content (AvgIpc) is 2.40. The molecule has 0 amide bonds. The number of carbonyl (C=O) groups excluding carboxylic acids is 1. The number of likely N-dealkylation sites (N-methyl/N-ethyl adjacent to an activating group) is 1. The van der Waals surface area contributed by atoms with Crippen molar-refractivity contribution in [1.29, 1.82) is 0 Å². The second-order valence-corrected chi connectivity index (χ2v) is 5.18. The molecule has 0 aliphatic heterocycles. The fraction of sp³-hybridized carbons (Fsp3) is 0.933. The van der Waals surface area contributed by atoms with Crippen LogP contribution in [0, 0.1) is 5.41 Å². The maximum absolute atomic E-state index is 12.1. The molecule has 0 aromatic rings. The predicted octanol–water partition coefficient (Wildman–Crippen LogP) is 3.48. The van der Waals surface area contributed by atoms with Crippen molar-refractivity contribution in [3.05, 3.63) is 0 Å². The summed E-state index contributed by atoms with van der Waals surface area (Å²) in [5.74, 6) is -0.0226. The summed E-state index contributed by atoms with van der Waals surface area (Å²) in [5.41, 5.74) is -0.292. The molecule has 3 nitrogen and oxygen atoms in total. The molecule has 0 N–H and O–H groups in total. The van der Waals surface area contributed by atoms with Crippen molar-refractivity contribution in [3.63, 3.8) is 0 Å². The third kappa shape index (κ3) is 5.85. The number of esters is 1. The van der Waals surface area contributed by atoms with Crippen LogP contribution in [0.1, 0.15) is 60.3 Å². The van der Waals surface area contributed by atoms with Crippen LogP contribution in [0.15, 0.2) is 0 Å². The Kier molecular flexibility index (Phi) is 9.08. The van der Waals surface area contributed by atoms with Crippen LogP contribution in [0.2, 0.25) is 0 Å². The van der Waals surface area contributed by atoms with Gasteiger partial charge in [0.2, 0.25) is 0 Å². The van der Waals surface area contributed by atoms with Crippen molar-refractivity contribution in [2.45, 2.75) is 60.3 Å². The summed E-state index contributed by atoms with van der Waals surface area (Å²) >= 11 is 0. The number of hydrogen-bond donors (Lipinski definition) is 0. The van der Waals surface area contributed by atoms with Crippen LogP contribution in [-0.4, -0.2) is 37.1 Å². The highest BCUT2D eigenvalue weighted by atomic mass is 16.5. The summed E-state index contributed by atoms with van der Waals surface area (Å²) in [5, 5.41) is 0. The van der Waals surface area contributed by atoms with E-state index in [-0.39, 0.29) is 11.4 Å². The largest absolute Gasteiger partial charge is 0.464 e. The zero-order valence-corrected chi connectivity index (χ0v) is 12.9. The first kappa shape index (κ1) is 17.4. The van der Waals surface area contributed by atoms with E-state index in [1.54, 1.807) is 0 Å². The van der Waals surface area contributed by atoms with E-state index < -0.39 is 0 Å². The molecule has 108 valence electrons. The van der Waals surface area contributed by atoms with E-state index in [1.807, 2.05) is 6.92 Å². The SMILES string of the molecule is CCCCC(C)(CC)C(=O)OCCN(CC)CC. The van der Waals surface area contributed by atoms with E-state index >= 15 is 0 Å². The lowest BCUT2D eigenvalue weighted by Crippen LogP contribution is -2.33. The molecule has 0 radical (unpaired) electrons. The van der Waals surface area contributed by atoms with Gasteiger partial charge in [-0.3, -0.25) is 4.79 Å². The normalized spacial score (nSPS) is 14.6. The van der Waals surface area contributed by atoms with Crippen molar-refractivity contribution in [3.8, 4) is 0 Å². The van der Waals surface area contributed by atoms with Crippen LogP contribution in [0.3, 0.4) is 0 Å². The lowest BCUT2D eigenvalue weighted by molar-refractivity contribution is -0.156. The molecular weight excluding hydrogens is 226 g/mol. The summed E-state index contributed by atoms with van der Waals surface area (Å²) in [6.45, 7) is 13.9. The fourth-order valence-corrected chi connectivity index (χ4v) is 1.97. The van der Waals surface area contributed by atoms with Gasteiger partial charge in [-0.1, -0.05) is 40.5 Å². The van der Waals surface area contributed by atoms with E-state index in [1.165, 1.54) is 0 Å². The Morgan fingerprint density at radius 3 is 2.22 bits per heavy atom. The van der Waals surface area contributed by atoms with Crippen LogP contribution in [-0.2, 0) is 9.53 Å². The Morgan fingerprint density at radius 1 is 1.17 bits per heavy atom. The summed E-state index contributed by atoms with van der Waals surface area (Å²) in [7, 11) is 0. The second-order valence-electron chi connectivity index (χ2n) is 5.18. The molecule has 0 fully saturated rings. The monoisotopic (exact) mass is 257 g/mol. The summed E-state index contributed by atoms with van der Waals surface area (Å²) in [6.07, 6.45) is 4.01. The lowest BCUT2D eigenvalue weighted by atomic mass is 9.82. The lowest BCUT2D eigenvalue weighted by Gasteiger charge is -2.26. The minimum absolute atomic E-state index is 0.0226. The van der Waals surface area contributed by atoms with Gasteiger partial charge in [0.05, 0.1) is 5.41 Å². The molecule has 0 saturated carbocycles. The van der Waals surface area contributed by atoms with Gasteiger partial charge in [0.15, 0.2) is 0 Å². The predicted molar refractivity (Wildman–Crippen MR) is 76.7 cm³/mol. The van der Waals surface area contributed by atoms with Gasteiger partial charge in [-0.25, -0.2) is 0 Å². The smallest absolute Gasteiger partial charge is 0.311 e. The quantitative estimate of drug-likeness (QED) is 0.561.